The van der Waals surface area contributed by atoms with Crippen molar-refractivity contribution in [2.45, 2.75) is 52.4 Å². The summed E-state index contributed by atoms with van der Waals surface area (Å²) in [4.78, 5) is 14.3. The molecule has 22 heavy (non-hydrogen) atoms. The molecule has 1 amide bonds. The average molecular weight is 302 g/mol. The van der Waals surface area contributed by atoms with E-state index in [2.05, 4.69) is 51.2 Å². The Kier molecular flexibility index (Phi) is 5.63. The van der Waals surface area contributed by atoms with Crippen LogP contribution in [0.2, 0.25) is 0 Å². The number of benzene rings is 1. The number of hydrogen-bond donors (Lipinski definition) is 1. The van der Waals surface area contributed by atoms with Crippen molar-refractivity contribution in [3.63, 3.8) is 0 Å². The van der Waals surface area contributed by atoms with Crippen molar-refractivity contribution in [3.05, 3.63) is 34.9 Å². The van der Waals surface area contributed by atoms with Crippen molar-refractivity contribution in [1.82, 2.24) is 10.2 Å². The van der Waals surface area contributed by atoms with Crippen molar-refractivity contribution in [2.24, 2.45) is 0 Å². The average Bonchev–Trinajstić information content (AvgIpc) is 2.52. The second-order valence-electron chi connectivity index (χ2n) is 7.22. The van der Waals surface area contributed by atoms with E-state index in [4.69, 9.17) is 0 Å². The molecule has 0 saturated carbocycles. The van der Waals surface area contributed by atoms with Crippen LogP contribution in [0.1, 0.15) is 50.8 Å². The lowest BCUT2D eigenvalue weighted by Gasteiger charge is -2.27. The summed E-state index contributed by atoms with van der Waals surface area (Å²) in [5, 5.41) is 3.29. The lowest BCUT2D eigenvalue weighted by atomic mass is 9.84. The molecule has 1 heterocycles. The Morgan fingerprint density at radius 3 is 2.45 bits per heavy atom. The number of piperazine rings is 1. The van der Waals surface area contributed by atoms with Gasteiger partial charge in [0, 0.05) is 32.6 Å². The summed E-state index contributed by atoms with van der Waals surface area (Å²) in [7, 11) is 0. The maximum Gasteiger partial charge on any atom is 0.222 e. The van der Waals surface area contributed by atoms with Crippen LogP contribution in [-0.2, 0) is 23.1 Å². The van der Waals surface area contributed by atoms with E-state index in [9.17, 15) is 4.79 Å². The first kappa shape index (κ1) is 17.0. The molecule has 1 aromatic carbocycles. The third-order valence-electron chi connectivity index (χ3n) is 4.53. The SMILES string of the molecule is CCc1ccc(C(C)(C)C)cc1CCC(=O)N1CCNCC1. The van der Waals surface area contributed by atoms with Gasteiger partial charge in [0.05, 0.1) is 0 Å². The number of carbonyl (C=O) groups excluding carboxylic acids is 1. The van der Waals surface area contributed by atoms with E-state index in [1.54, 1.807) is 0 Å². The lowest BCUT2D eigenvalue weighted by Crippen LogP contribution is -2.46. The fourth-order valence-corrected chi connectivity index (χ4v) is 2.98. The summed E-state index contributed by atoms with van der Waals surface area (Å²) >= 11 is 0. The third kappa shape index (κ3) is 4.33. The van der Waals surface area contributed by atoms with E-state index in [1.807, 2.05) is 4.90 Å². The Labute approximate surface area is 135 Å². The molecule has 1 N–H and O–H groups in total. The highest BCUT2D eigenvalue weighted by Gasteiger charge is 2.18. The summed E-state index contributed by atoms with van der Waals surface area (Å²) < 4.78 is 0. The first-order valence-electron chi connectivity index (χ1n) is 8.52. The molecule has 122 valence electrons. The number of amides is 1. The van der Waals surface area contributed by atoms with Gasteiger partial charge in [0.15, 0.2) is 0 Å². The van der Waals surface area contributed by atoms with Crippen LogP contribution in [0.15, 0.2) is 18.2 Å². The molecular weight excluding hydrogens is 272 g/mol. The summed E-state index contributed by atoms with van der Waals surface area (Å²) in [6, 6.07) is 6.79. The molecule has 1 aliphatic heterocycles. The fourth-order valence-electron chi connectivity index (χ4n) is 2.98. The molecule has 1 fully saturated rings. The van der Waals surface area contributed by atoms with E-state index >= 15 is 0 Å². The monoisotopic (exact) mass is 302 g/mol. The van der Waals surface area contributed by atoms with Crippen LogP contribution < -0.4 is 5.32 Å². The molecule has 2 rings (SSSR count). The van der Waals surface area contributed by atoms with Crippen molar-refractivity contribution < 1.29 is 4.79 Å². The quantitative estimate of drug-likeness (QED) is 0.927. The van der Waals surface area contributed by atoms with E-state index in [-0.39, 0.29) is 5.41 Å². The number of rotatable bonds is 4. The van der Waals surface area contributed by atoms with Crippen molar-refractivity contribution in [3.8, 4) is 0 Å². The van der Waals surface area contributed by atoms with Crippen LogP contribution in [0.4, 0.5) is 0 Å². The molecule has 0 aliphatic carbocycles. The van der Waals surface area contributed by atoms with Gasteiger partial charge in [-0.15, -0.1) is 0 Å². The summed E-state index contributed by atoms with van der Waals surface area (Å²) in [5.41, 5.74) is 4.23. The first-order valence-corrected chi connectivity index (χ1v) is 8.52. The molecule has 0 unspecified atom stereocenters. The Bertz CT molecular complexity index is 511. The molecule has 1 saturated heterocycles. The van der Waals surface area contributed by atoms with E-state index in [0.717, 1.165) is 39.0 Å². The Morgan fingerprint density at radius 2 is 1.86 bits per heavy atom. The van der Waals surface area contributed by atoms with Gasteiger partial charge in [-0.3, -0.25) is 4.79 Å². The van der Waals surface area contributed by atoms with E-state index in [1.165, 1.54) is 16.7 Å². The van der Waals surface area contributed by atoms with Gasteiger partial charge in [-0.25, -0.2) is 0 Å². The van der Waals surface area contributed by atoms with Gasteiger partial charge in [-0.05, 0) is 34.9 Å². The normalized spacial score (nSPS) is 15.9. The molecular formula is C19H30N2O. The lowest BCUT2D eigenvalue weighted by molar-refractivity contribution is -0.131. The fraction of sp³-hybridized carbons (Fsp3) is 0.632. The topological polar surface area (TPSA) is 32.3 Å². The van der Waals surface area contributed by atoms with Crippen molar-refractivity contribution in [1.29, 1.82) is 0 Å². The van der Waals surface area contributed by atoms with Gasteiger partial charge in [0.2, 0.25) is 5.91 Å². The minimum atomic E-state index is 0.156. The number of aryl methyl sites for hydroxylation is 2. The largest absolute Gasteiger partial charge is 0.340 e. The van der Waals surface area contributed by atoms with E-state index in [0.29, 0.717) is 12.3 Å². The first-order chi connectivity index (χ1) is 10.4. The predicted octanol–water partition coefficient (Wildman–Crippen LogP) is 2.91. The van der Waals surface area contributed by atoms with Gasteiger partial charge in [-0.1, -0.05) is 45.9 Å². The maximum absolute atomic E-state index is 12.4. The minimum absolute atomic E-state index is 0.156. The Balaban J connectivity index is 2.05. The number of hydrogen-bond acceptors (Lipinski definition) is 2. The van der Waals surface area contributed by atoms with Crippen LogP contribution in [0.3, 0.4) is 0 Å². The van der Waals surface area contributed by atoms with Gasteiger partial charge in [0.1, 0.15) is 0 Å². The summed E-state index contributed by atoms with van der Waals surface area (Å²) in [5.74, 6) is 0.296. The van der Waals surface area contributed by atoms with Gasteiger partial charge < -0.3 is 10.2 Å². The third-order valence-corrected chi connectivity index (χ3v) is 4.53. The second-order valence-corrected chi connectivity index (χ2v) is 7.22. The van der Waals surface area contributed by atoms with Crippen molar-refractivity contribution in [2.75, 3.05) is 26.2 Å². The zero-order chi connectivity index (χ0) is 16.2. The molecule has 0 atom stereocenters. The number of nitrogens with one attached hydrogen (secondary N) is 1. The Hall–Kier alpha value is -1.35. The highest BCUT2D eigenvalue weighted by molar-refractivity contribution is 5.76. The molecule has 3 nitrogen and oxygen atoms in total. The standard InChI is InChI=1S/C19H30N2O/c1-5-15-6-8-17(19(2,3)4)14-16(15)7-9-18(22)21-12-10-20-11-13-21/h6,8,14,20H,5,7,9-13H2,1-4H3. The van der Waals surface area contributed by atoms with Crippen LogP contribution >= 0.6 is 0 Å². The summed E-state index contributed by atoms with van der Waals surface area (Å²) in [6.45, 7) is 12.4. The van der Waals surface area contributed by atoms with Crippen LogP contribution in [-0.4, -0.2) is 37.0 Å². The zero-order valence-corrected chi connectivity index (χ0v) is 14.5. The molecule has 1 aliphatic rings. The van der Waals surface area contributed by atoms with Crippen LogP contribution in [0.25, 0.3) is 0 Å². The zero-order valence-electron chi connectivity index (χ0n) is 14.5. The molecule has 0 aromatic heterocycles. The van der Waals surface area contributed by atoms with E-state index < -0.39 is 0 Å². The highest BCUT2D eigenvalue weighted by atomic mass is 16.2. The Morgan fingerprint density at radius 1 is 1.18 bits per heavy atom. The van der Waals surface area contributed by atoms with Crippen LogP contribution in [0.5, 0.6) is 0 Å². The molecule has 1 aromatic rings. The maximum atomic E-state index is 12.4. The smallest absolute Gasteiger partial charge is 0.222 e. The molecule has 3 heteroatoms. The van der Waals surface area contributed by atoms with Gasteiger partial charge >= 0.3 is 0 Å². The molecule has 0 bridgehead atoms. The number of carbonyl (C=O) groups is 1. The van der Waals surface area contributed by atoms with Crippen molar-refractivity contribution >= 4 is 5.91 Å². The molecule has 0 spiro atoms. The second kappa shape index (κ2) is 7.28. The predicted molar refractivity (Wildman–Crippen MR) is 92.3 cm³/mol. The highest BCUT2D eigenvalue weighted by Crippen LogP contribution is 2.25. The van der Waals surface area contributed by atoms with Gasteiger partial charge in [-0.2, -0.15) is 0 Å². The van der Waals surface area contributed by atoms with Gasteiger partial charge in [0.25, 0.3) is 0 Å². The number of nitrogens with zero attached hydrogens (tertiary/aromatic N) is 1. The summed E-state index contributed by atoms with van der Waals surface area (Å²) in [6.07, 6.45) is 2.51. The minimum Gasteiger partial charge on any atom is -0.340 e. The molecule has 0 radical (unpaired) electrons. The van der Waals surface area contributed by atoms with Crippen LogP contribution in [0, 0.1) is 0 Å².